The first kappa shape index (κ1) is 11.5. The van der Waals surface area contributed by atoms with Gasteiger partial charge in [0.2, 0.25) is 5.91 Å². The summed E-state index contributed by atoms with van der Waals surface area (Å²) in [5, 5.41) is 6.62. The van der Waals surface area contributed by atoms with Gasteiger partial charge in [0.15, 0.2) is 0 Å². The molecule has 0 aromatic rings. The van der Waals surface area contributed by atoms with Gasteiger partial charge in [0, 0.05) is 25.2 Å². The predicted molar refractivity (Wildman–Crippen MR) is 66.7 cm³/mol. The third-order valence-corrected chi connectivity index (χ3v) is 4.60. The summed E-state index contributed by atoms with van der Waals surface area (Å²) in [6.07, 6.45) is 5.92. The number of hydrogen-bond donors (Lipinski definition) is 2. The molecular formula is C13H23N3O. The minimum Gasteiger partial charge on any atom is -0.351 e. The molecule has 3 atom stereocenters. The highest BCUT2D eigenvalue weighted by Gasteiger charge is 2.38. The summed E-state index contributed by atoms with van der Waals surface area (Å²) >= 11 is 0. The Kier molecular flexibility index (Phi) is 3.34. The first-order chi connectivity index (χ1) is 8.34. The summed E-state index contributed by atoms with van der Waals surface area (Å²) < 4.78 is 0. The van der Waals surface area contributed by atoms with Gasteiger partial charge in [-0.25, -0.2) is 0 Å². The molecule has 4 nitrogen and oxygen atoms in total. The molecule has 3 aliphatic heterocycles. The van der Waals surface area contributed by atoms with Crippen LogP contribution in [0.5, 0.6) is 0 Å². The van der Waals surface area contributed by atoms with Crippen LogP contribution in [0.25, 0.3) is 0 Å². The Hall–Kier alpha value is -0.610. The third kappa shape index (κ3) is 2.33. The van der Waals surface area contributed by atoms with Crippen molar-refractivity contribution in [3.05, 3.63) is 0 Å². The molecule has 4 heteroatoms. The van der Waals surface area contributed by atoms with Crippen LogP contribution in [-0.2, 0) is 4.79 Å². The van der Waals surface area contributed by atoms with Crippen molar-refractivity contribution in [2.45, 2.75) is 44.2 Å². The van der Waals surface area contributed by atoms with E-state index in [0.717, 1.165) is 32.4 Å². The van der Waals surface area contributed by atoms with Crippen molar-refractivity contribution in [2.75, 3.05) is 26.2 Å². The predicted octanol–water partition coefficient (Wildman–Crippen LogP) is 0.339. The number of piperidine rings is 1. The Bertz CT molecular complexity index is 288. The largest absolute Gasteiger partial charge is 0.351 e. The normalized spacial score (nSPS) is 38.0. The Balaban J connectivity index is 1.54. The Morgan fingerprint density at radius 3 is 2.94 bits per heavy atom. The number of rotatable bonds is 2. The summed E-state index contributed by atoms with van der Waals surface area (Å²) in [7, 11) is 0. The van der Waals surface area contributed by atoms with E-state index in [9.17, 15) is 4.79 Å². The summed E-state index contributed by atoms with van der Waals surface area (Å²) in [6.45, 7) is 4.36. The van der Waals surface area contributed by atoms with Gasteiger partial charge in [0.25, 0.3) is 0 Å². The smallest absolute Gasteiger partial charge is 0.224 e. The van der Waals surface area contributed by atoms with E-state index in [1.807, 2.05) is 0 Å². The van der Waals surface area contributed by atoms with Gasteiger partial charge in [-0.05, 0) is 45.2 Å². The van der Waals surface area contributed by atoms with Gasteiger partial charge in [-0.15, -0.1) is 0 Å². The lowest BCUT2D eigenvalue weighted by atomic mass is 9.97. The van der Waals surface area contributed by atoms with Crippen LogP contribution in [0.15, 0.2) is 0 Å². The van der Waals surface area contributed by atoms with Crippen molar-refractivity contribution in [1.82, 2.24) is 15.5 Å². The van der Waals surface area contributed by atoms with Crippen LogP contribution in [0, 0.1) is 5.92 Å². The molecule has 3 aliphatic rings. The molecule has 0 spiro atoms. The number of fused-ring (bicyclic) bond motifs is 1. The zero-order valence-electron chi connectivity index (χ0n) is 10.5. The first-order valence-electron chi connectivity index (χ1n) is 7.10. The number of amides is 1. The molecule has 0 bridgehead atoms. The van der Waals surface area contributed by atoms with Gasteiger partial charge >= 0.3 is 0 Å². The highest BCUT2D eigenvalue weighted by Crippen LogP contribution is 2.28. The lowest BCUT2D eigenvalue weighted by molar-refractivity contribution is -0.126. The van der Waals surface area contributed by atoms with E-state index in [1.165, 1.54) is 25.9 Å². The molecule has 3 heterocycles. The van der Waals surface area contributed by atoms with Gasteiger partial charge in [-0.2, -0.15) is 0 Å². The molecule has 3 saturated heterocycles. The molecule has 0 aromatic heterocycles. The van der Waals surface area contributed by atoms with Crippen molar-refractivity contribution >= 4 is 5.91 Å². The molecule has 2 N–H and O–H groups in total. The summed E-state index contributed by atoms with van der Waals surface area (Å²) in [6, 6.07) is 1.06. The summed E-state index contributed by atoms with van der Waals surface area (Å²) in [4.78, 5) is 14.7. The molecule has 0 radical (unpaired) electrons. The molecule has 1 amide bonds. The molecular weight excluding hydrogens is 214 g/mol. The molecule has 96 valence electrons. The van der Waals surface area contributed by atoms with Crippen molar-refractivity contribution in [3.63, 3.8) is 0 Å². The van der Waals surface area contributed by atoms with E-state index in [4.69, 9.17) is 0 Å². The molecule has 0 aliphatic carbocycles. The van der Waals surface area contributed by atoms with Gasteiger partial charge in [0.1, 0.15) is 0 Å². The maximum Gasteiger partial charge on any atom is 0.224 e. The van der Waals surface area contributed by atoms with Crippen LogP contribution in [0.3, 0.4) is 0 Å². The number of nitrogens with one attached hydrogen (secondary N) is 2. The molecule has 2 unspecified atom stereocenters. The quantitative estimate of drug-likeness (QED) is 0.728. The van der Waals surface area contributed by atoms with E-state index >= 15 is 0 Å². The maximum absolute atomic E-state index is 12.2. The van der Waals surface area contributed by atoms with Crippen LogP contribution in [0.1, 0.15) is 32.1 Å². The van der Waals surface area contributed by atoms with Crippen LogP contribution in [-0.4, -0.2) is 49.1 Å². The van der Waals surface area contributed by atoms with Gasteiger partial charge in [-0.3, -0.25) is 9.69 Å². The van der Waals surface area contributed by atoms with Crippen molar-refractivity contribution in [3.8, 4) is 0 Å². The van der Waals surface area contributed by atoms with Crippen molar-refractivity contribution in [1.29, 1.82) is 0 Å². The molecule has 0 aromatic carbocycles. The monoisotopic (exact) mass is 237 g/mol. The number of carbonyl (C=O) groups is 1. The van der Waals surface area contributed by atoms with Crippen molar-refractivity contribution in [2.24, 2.45) is 5.92 Å². The minimum atomic E-state index is 0.208. The van der Waals surface area contributed by atoms with Crippen molar-refractivity contribution < 1.29 is 4.79 Å². The van der Waals surface area contributed by atoms with Crippen LogP contribution >= 0.6 is 0 Å². The van der Waals surface area contributed by atoms with E-state index in [-0.39, 0.29) is 11.8 Å². The maximum atomic E-state index is 12.2. The average Bonchev–Trinajstić information content (AvgIpc) is 2.95. The molecule has 3 fully saturated rings. The highest BCUT2D eigenvalue weighted by atomic mass is 16.2. The average molecular weight is 237 g/mol. The first-order valence-corrected chi connectivity index (χ1v) is 7.10. The van der Waals surface area contributed by atoms with Gasteiger partial charge in [-0.1, -0.05) is 0 Å². The fraction of sp³-hybridized carbons (Fsp3) is 0.923. The second kappa shape index (κ2) is 4.94. The number of carbonyl (C=O) groups excluding carboxylic acids is 1. The number of nitrogens with zero attached hydrogens (tertiary/aromatic N) is 1. The fourth-order valence-corrected chi connectivity index (χ4v) is 3.63. The van der Waals surface area contributed by atoms with Gasteiger partial charge < -0.3 is 10.6 Å². The molecule has 0 saturated carbocycles. The zero-order chi connectivity index (χ0) is 11.7. The van der Waals surface area contributed by atoms with Crippen LogP contribution in [0.4, 0.5) is 0 Å². The summed E-state index contributed by atoms with van der Waals surface area (Å²) in [5.74, 6) is 0.496. The second-order valence-corrected chi connectivity index (χ2v) is 5.69. The molecule has 17 heavy (non-hydrogen) atoms. The van der Waals surface area contributed by atoms with E-state index in [1.54, 1.807) is 0 Å². The van der Waals surface area contributed by atoms with Gasteiger partial charge in [0.05, 0.1) is 5.92 Å². The molecule has 3 rings (SSSR count). The minimum absolute atomic E-state index is 0.208. The van der Waals surface area contributed by atoms with E-state index < -0.39 is 0 Å². The SMILES string of the molecule is O=C(NC1CCN2CCCC12)[C@H]1CCCNC1. The number of hydrogen-bond acceptors (Lipinski definition) is 3. The highest BCUT2D eigenvalue weighted by molar-refractivity contribution is 5.79. The lowest BCUT2D eigenvalue weighted by Crippen LogP contribution is -2.47. The second-order valence-electron chi connectivity index (χ2n) is 5.69. The van der Waals surface area contributed by atoms with E-state index in [2.05, 4.69) is 15.5 Å². The third-order valence-electron chi connectivity index (χ3n) is 4.60. The van der Waals surface area contributed by atoms with E-state index in [0.29, 0.717) is 12.1 Å². The summed E-state index contributed by atoms with van der Waals surface area (Å²) in [5.41, 5.74) is 0. The topological polar surface area (TPSA) is 44.4 Å². The fourth-order valence-electron chi connectivity index (χ4n) is 3.63. The Morgan fingerprint density at radius 2 is 2.12 bits per heavy atom. The standard InChI is InChI=1S/C13H23N3O/c17-13(10-3-1-6-14-9-10)15-11-5-8-16-7-2-4-12(11)16/h10-12,14H,1-9H2,(H,15,17)/t10-,11?,12?/m0/s1. The lowest BCUT2D eigenvalue weighted by Gasteiger charge is -2.26. The zero-order valence-corrected chi connectivity index (χ0v) is 10.5. The van der Waals surface area contributed by atoms with Crippen LogP contribution in [0.2, 0.25) is 0 Å². The Morgan fingerprint density at radius 1 is 1.18 bits per heavy atom. The Labute approximate surface area is 103 Å². The van der Waals surface area contributed by atoms with Crippen LogP contribution < -0.4 is 10.6 Å².